The number of amidine groups is 1. The van der Waals surface area contributed by atoms with Crippen molar-refractivity contribution >= 4 is 57.4 Å². The summed E-state index contributed by atoms with van der Waals surface area (Å²) in [6.07, 6.45) is 1.47. The zero-order valence-electron chi connectivity index (χ0n) is 22.7. The number of methoxy groups -OCH3 is 3. The van der Waals surface area contributed by atoms with Crippen molar-refractivity contribution in [2.45, 2.75) is 26.3 Å². The van der Waals surface area contributed by atoms with Gasteiger partial charge in [0.15, 0.2) is 16.7 Å². The summed E-state index contributed by atoms with van der Waals surface area (Å²) < 4.78 is 21.5. The maximum absolute atomic E-state index is 13.5. The highest BCUT2D eigenvalue weighted by Gasteiger charge is 2.42. The van der Waals surface area contributed by atoms with E-state index < -0.39 is 23.8 Å². The van der Waals surface area contributed by atoms with Crippen LogP contribution < -0.4 is 19.5 Å². The Kier molecular flexibility index (Phi) is 10.4. The first-order valence-electron chi connectivity index (χ1n) is 12.2. The molecular formula is C28H30BrN3O7S. The van der Waals surface area contributed by atoms with Crippen LogP contribution in [0.15, 0.2) is 69.7 Å². The minimum atomic E-state index is -0.750. The average Bonchev–Trinajstić information content (AvgIpc) is 2.92. The quantitative estimate of drug-likeness (QED) is 0.402. The summed E-state index contributed by atoms with van der Waals surface area (Å²) in [5.74, 6) is 0.180. The van der Waals surface area contributed by atoms with Gasteiger partial charge >= 0.3 is 5.97 Å². The topological polar surface area (TPSA) is 116 Å². The van der Waals surface area contributed by atoms with Crippen LogP contribution in [0.25, 0.3) is 0 Å². The maximum Gasteiger partial charge on any atom is 0.337 e. The number of thioether (sulfide) groups is 1. The van der Waals surface area contributed by atoms with Crippen LogP contribution in [0.3, 0.4) is 0 Å². The number of allylic oxidation sites excluding steroid dienone is 1. The van der Waals surface area contributed by atoms with Gasteiger partial charge in [0.25, 0.3) is 11.8 Å². The van der Waals surface area contributed by atoms with E-state index in [9.17, 15) is 14.4 Å². The minimum absolute atomic E-state index is 0. The molecule has 0 radical (unpaired) electrons. The second-order valence-corrected chi connectivity index (χ2v) is 9.50. The number of nitrogens with one attached hydrogen (secondary N) is 1. The smallest absolute Gasteiger partial charge is 0.337 e. The zero-order chi connectivity index (χ0) is 28.1. The Balaban J connectivity index is 0.00000441. The van der Waals surface area contributed by atoms with Crippen LogP contribution in [0.1, 0.15) is 19.4 Å². The van der Waals surface area contributed by atoms with Crippen molar-refractivity contribution < 1.29 is 33.3 Å². The van der Waals surface area contributed by atoms with Gasteiger partial charge in [-0.25, -0.2) is 9.79 Å². The lowest BCUT2D eigenvalue weighted by Crippen LogP contribution is -2.50. The Bertz CT molecular complexity index is 1390. The highest BCUT2D eigenvalue weighted by molar-refractivity contribution is 8.93. The monoisotopic (exact) mass is 631 g/mol. The molecule has 2 aliphatic heterocycles. The average molecular weight is 633 g/mol. The molecule has 2 amide bonds. The molecule has 212 valence electrons. The summed E-state index contributed by atoms with van der Waals surface area (Å²) in [7, 11) is 4.62. The third-order valence-corrected chi connectivity index (χ3v) is 7.16. The molecule has 4 rings (SSSR count). The van der Waals surface area contributed by atoms with Crippen LogP contribution in [0, 0.1) is 0 Å². The molecule has 2 heterocycles. The normalized spacial score (nSPS) is 16.2. The van der Waals surface area contributed by atoms with Gasteiger partial charge in [0.1, 0.15) is 5.75 Å². The Morgan fingerprint density at radius 3 is 2.40 bits per heavy atom. The van der Waals surface area contributed by atoms with E-state index in [-0.39, 0.29) is 40.5 Å². The summed E-state index contributed by atoms with van der Waals surface area (Å²) in [5.41, 5.74) is 1.94. The number of ether oxygens (including phenoxy) is 4. The van der Waals surface area contributed by atoms with Crippen molar-refractivity contribution in [1.82, 2.24) is 4.90 Å². The Morgan fingerprint density at radius 1 is 1.05 bits per heavy atom. The number of anilines is 1. The molecule has 0 fully saturated rings. The summed E-state index contributed by atoms with van der Waals surface area (Å²) >= 11 is 1.05. The Morgan fingerprint density at radius 2 is 1.77 bits per heavy atom. The van der Waals surface area contributed by atoms with Crippen molar-refractivity contribution in [3.63, 3.8) is 0 Å². The molecule has 1 N–H and O–H groups in total. The molecular weight excluding hydrogens is 602 g/mol. The standard InChI is InChI=1S/C28H29N3O7S.BrH/c1-6-38-27(34)24-16(2)29-28-31(20(24)14-17-8-7-9-21(36-4)25(17)37-5)23(32)15-22(39-28)26(33)30-18-10-12-19(35-3)13-11-18;/h7-13,15,20H,6,14H2,1-5H3,(H,30,33);1H. The molecule has 2 aromatic rings. The molecule has 0 spiro atoms. The zero-order valence-corrected chi connectivity index (χ0v) is 25.2. The van der Waals surface area contributed by atoms with Crippen molar-refractivity contribution in [1.29, 1.82) is 0 Å². The fourth-order valence-corrected chi connectivity index (χ4v) is 5.38. The molecule has 1 atom stereocenters. The molecule has 0 aromatic heterocycles. The van der Waals surface area contributed by atoms with E-state index in [0.717, 1.165) is 17.3 Å². The van der Waals surface area contributed by atoms with Crippen LogP contribution in [0.5, 0.6) is 17.2 Å². The van der Waals surface area contributed by atoms with E-state index in [1.54, 1.807) is 51.3 Å². The first-order valence-corrected chi connectivity index (χ1v) is 13.0. The fourth-order valence-electron chi connectivity index (χ4n) is 4.38. The number of hydrogen-bond acceptors (Lipinski definition) is 9. The molecule has 2 aliphatic rings. The predicted molar refractivity (Wildman–Crippen MR) is 158 cm³/mol. The largest absolute Gasteiger partial charge is 0.497 e. The van der Waals surface area contributed by atoms with E-state index in [0.29, 0.717) is 33.8 Å². The van der Waals surface area contributed by atoms with Gasteiger partial charge in [-0.1, -0.05) is 12.1 Å². The fraction of sp³-hybridized carbons (Fsp3) is 0.286. The van der Waals surface area contributed by atoms with Crippen molar-refractivity contribution in [2.24, 2.45) is 4.99 Å². The molecule has 0 aliphatic carbocycles. The number of fused-ring (bicyclic) bond motifs is 1. The third-order valence-electron chi connectivity index (χ3n) is 6.16. The van der Waals surface area contributed by atoms with E-state index in [1.807, 2.05) is 12.1 Å². The van der Waals surface area contributed by atoms with E-state index >= 15 is 0 Å². The van der Waals surface area contributed by atoms with Gasteiger partial charge in [-0.3, -0.25) is 14.5 Å². The molecule has 2 aromatic carbocycles. The number of carbonyl (C=O) groups is 3. The van der Waals surface area contributed by atoms with Crippen LogP contribution >= 0.6 is 28.7 Å². The van der Waals surface area contributed by atoms with E-state index in [2.05, 4.69) is 10.3 Å². The number of amides is 2. The molecule has 12 heteroatoms. The number of rotatable bonds is 9. The SMILES string of the molecule is Br.CCOC(=O)C1=C(C)N=C2SC(C(=O)Nc3ccc(OC)cc3)=CC(=O)N2C1Cc1cccc(OC)c1OC. The van der Waals surface area contributed by atoms with Gasteiger partial charge in [0.05, 0.1) is 50.2 Å². The number of nitrogens with zero attached hydrogens (tertiary/aromatic N) is 2. The highest BCUT2D eigenvalue weighted by Crippen LogP contribution is 2.39. The third kappa shape index (κ3) is 6.34. The second kappa shape index (κ2) is 13.5. The number of benzene rings is 2. The first kappa shape index (κ1) is 30.8. The molecule has 10 nitrogen and oxygen atoms in total. The van der Waals surface area contributed by atoms with Crippen LogP contribution in [0.2, 0.25) is 0 Å². The number of carbonyl (C=O) groups excluding carboxylic acids is 3. The summed E-state index contributed by atoms with van der Waals surface area (Å²) in [4.78, 5) is 45.7. The van der Waals surface area contributed by atoms with E-state index in [4.69, 9.17) is 18.9 Å². The van der Waals surface area contributed by atoms with Gasteiger partial charge < -0.3 is 24.3 Å². The van der Waals surface area contributed by atoms with Crippen LogP contribution in [0.4, 0.5) is 5.69 Å². The van der Waals surface area contributed by atoms with Crippen molar-refractivity contribution in [3.05, 3.63) is 70.3 Å². The number of para-hydroxylation sites is 1. The lowest BCUT2D eigenvalue weighted by molar-refractivity contribution is -0.139. The molecule has 0 bridgehead atoms. The summed E-state index contributed by atoms with van der Waals surface area (Å²) in [5, 5.41) is 3.08. The number of hydrogen-bond donors (Lipinski definition) is 1. The van der Waals surface area contributed by atoms with Gasteiger partial charge in [-0.05, 0) is 55.9 Å². The number of esters is 1. The number of halogens is 1. The van der Waals surface area contributed by atoms with Crippen molar-refractivity contribution in [3.8, 4) is 17.2 Å². The lowest BCUT2D eigenvalue weighted by atomic mass is 9.94. The Hall–Kier alpha value is -3.77. The first-order chi connectivity index (χ1) is 18.8. The molecule has 0 saturated heterocycles. The van der Waals surface area contributed by atoms with Gasteiger partial charge in [-0.15, -0.1) is 17.0 Å². The van der Waals surface area contributed by atoms with Crippen LogP contribution in [-0.2, 0) is 25.5 Å². The molecule has 1 unspecified atom stereocenters. The summed E-state index contributed by atoms with van der Waals surface area (Å²) in [6, 6.07) is 11.5. The highest BCUT2D eigenvalue weighted by atomic mass is 79.9. The predicted octanol–water partition coefficient (Wildman–Crippen LogP) is 4.51. The van der Waals surface area contributed by atoms with Crippen LogP contribution in [-0.4, -0.2) is 61.8 Å². The summed E-state index contributed by atoms with van der Waals surface area (Å²) in [6.45, 7) is 3.57. The lowest BCUT2D eigenvalue weighted by Gasteiger charge is -2.38. The minimum Gasteiger partial charge on any atom is -0.497 e. The van der Waals surface area contributed by atoms with Gasteiger partial charge in [0.2, 0.25) is 0 Å². The molecule has 0 saturated carbocycles. The van der Waals surface area contributed by atoms with E-state index in [1.165, 1.54) is 25.2 Å². The van der Waals surface area contributed by atoms with Gasteiger partial charge in [-0.2, -0.15) is 0 Å². The Labute approximate surface area is 247 Å². The number of aliphatic imine (C=N–C) groups is 1. The molecule has 40 heavy (non-hydrogen) atoms. The maximum atomic E-state index is 13.5. The van der Waals surface area contributed by atoms with Crippen molar-refractivity contribution in [2.75, 3.05) is 33.3 Å². The second-order valence-electron chi connectivity index (χ2n) is 8.49. The van der Waals surface area contributed by atoms with Gasteiger partial charge in [0, 0.05) is 23.7 Å².